The van der Waals surface area contributed by atoms with Gasteiger partial charge >= 0.3 is 5.97 Å². The number of methoxy groups -OCH3 is 2. The molecule has 146 valence electrons. The van der Waals surface area contributed by atoms with Crippen molar-refractivity contribution >= 4 is 27.6 Å². The molecule has 1 aromatic heterocycles. The van der Waals surface area contributed by atoms with E-state index in [2.05, 4.69) is 10.1 Å². The lowest BCUT2D eigenvalue weighted by molar-refractivity contribution is -0.116. The summed E-state index contributed by atoms with van der Waals surface area (Å²) in [7, 11) is 1.51. The molecule has 27 heavy (non-hydrogen) atoms. The first-order valence-corrected chi connectivity index (χ1v) is 9.28. The average molecular weight is 395 g/mol. The third-order valence-corrected chi connectivity index (χ3v) is 5.60. The maximum atomic E-state index is 12.7. The second-order valence-electron chi connectivity index (χ2n) is 5.67. The van der Waals surface area contributed by atoms with Gasteiger partial charge in [-0.15, -0.1) is 0 Å². The minimum absolute atomic E-state index is 0.0861. The molecule has 1 aromatic carbocycles. The van der Waals surface area contributed by atoms with Crippen LogP contribution in [0, 0.1) is 0 Å². The summed E-state index contributed by atoms with van der Waals surface area (Å²) in [6.45, 7) is -0.414. The number of esters is 1. The maximum absolute atomic E-state index is 12.7. The average Bonchev–Trinajstić information content (AvgIpc) is 3.03. The van der Waals surface area contributed by atoms with Crippen molar-refractivity contribution in [3.05, 3.63) is 42.2 Å². The number of hydrogen-bond donors (Lipinski definition) is 1. The van der Waals surface area contributed by atoms with E-state index in [1.807, 2.05) is 0 Å². The topological polar surface area (TPSA) is 107 Å². The molecule has 1 N–H and O–H groups in total. The molecule has 0 aliphatic heterocycles. The number of rotatable bonds is 7. The molecule has 0 fully saturated rings. The van der Waals surface area contributed by atoms with Crippen LogP contribution < -0.4 is 10.1 Å². The molecule has 0 radical (unpaired) electrons. The number of aryl methyl sites for hydroxylation is 1. The van der Waals surface area contributed by atoms with Crippen molar-refractivity contribution < 1.29 is 27.5 Å². The van der Waals surface area contributed by atoms with Gasteiger partial charge in [0.05, 0.1) is 26.5 Å². The number of ether oxygens (including phenoxy) is 2. The predicted octanol–water partition coefficient (Wildman–Crippen LogP) is 1.08. The number of nitrogens with zero attached hydrogens (tertiary/aromatic N) is 2. The minimum Gasteiger partial charge on any atom is -0.495 e. The third kappa shape index (κ3) is 4.47. The number of hydrogen-bond acceptors (Lipinski definition) is 6. The van der Waals surface area contributed by atoms with Crippen molar-refractivity contribution in [2.75, 3.05) is 33.1 Å². The maximum Gasteiger partial charge on any atom is 0.354 e. The Balaban J connectivity index is 2.15. The van der Waals surface area contributed by atoms with Crippen LogP contribution in [-0.4, -0.2) is 57.0 Å². The van der Waals surface area contributed by atoms with Gasteiger partial charge < -0.3 is 19.4 Å². The first kappa shape index (κ1) is 20.5. The molecule has 9 nitrogen and oxygen atoms in total. The highest BCUT2D eigenvalue weighted by Gasteiger charge is 2.26. The van der Waals surface area contributed by atoms with Crippen LogP contribution in [0.3, 0.4) is 0 Å². The summed E-state index contributed by atoms with van der Waals surface area (Å²) in [5.74, 6) is -0.729. The van der Waals surface area contributed by atoms with Gasteiger partial charge in [-0.05, 0) is 18.2 Å². The van der Waals surface area contributed by atoms with Crippen molar-refractivity contribution in [2.45, 2.75) is 4.90 Å². The highest BCUT2D eigenvalue weighted by Crippen LogP contribution is 2.23. The number of amides is 1. The summed E-state index contributed by atoms with van der Waals surface area (Å²) in [6.07, 6.45) is 1.29. The van der Waals surface area contributed by atoms with Crippen molar-refractivity contribution in [1.82, 2.24) is 8.87 Å². The first-order valence-electron chi connectivity index (χ1n) is 7.84. The molecule has 0 spiro atoms. The molecular weight excluding hydrogens is 374 g/mol. The van der Waals surface area contributed by atoms with Crippen molar-refractivity contribution in [1.29, 1.82) is 0 Å². The summed E-state index contributed by atoms with van der Waals surface area (Å²) in [6, 6.07) is 7.99. The third-order valence-electron chi connectivity index (χ3n) is 3.83. The Morgan fingerprint density at radius 2 is 1.89 bits per heavy atom. The van der Waals surface area contributed by atoms with Gasteiger partial charge in [-0.2, -0.15) is 4.31 Å². The molecule has 0 saturated carbocycles. The number of anilines is 1. The molecular formula is C17H21N3O6S. The molecule has 1 heterocycles. The zero-order valence-corrected chi connectivity index (χ0v) is 16.2. The van der Waals surface area contributed by atoms with E-state index in [0.29, 0.717) is 11.4 Å². The van der Waals surface area contributed by atoms with E-state index in [9.17, 15) is 18.0 Å². The largest absolute Gasteiger partial charge is 0.495 e. The number of nitrogens with one attached hydrogen (secondary N) is 1. The summed E-state index contributed by atoms with van der Waals surface area (Å²) >= 11 is 0. The van der Waals surface area contributed by atoms with E-state index >= 15 is 0 Å². The highest BCUT2D eigenvalue weighted by atomic mass is 32.2. The van der Waals surface area contributed by atoms with Gasteiger partial charge in [0.25, 0.3) is 0 Å². The molecule has 2 rings (SSSR count). The molecule has 0 saturated heterocycles. The second kappa shape index (κ2) is 8.23. The Morgan fingerprint density at radius 1 is 1.22 bits per heavy atom. The Labute approximate surface area is 157 Å². The molecule has 0 unspecified atom stereocenters. The van der Waals surface area contributed by atoms with E-state index < -0.39 is 28.4 Å². The van der Waals surface area contributed by atoms with Crippen LogP contribution in [0.4, 0.5) is 5.69 Å². The number of aromatic nitrogens is 1. The molecule has 0 atom stereocenters. The van der Waals surface area contributed by atoms with E-state index in [0.717, 1.165) is 4.31 Å². The second-order valence-corrected chi connectivity index (χ2v) is 7.72. The SMILES string of the molecule is COC(=O)c1cc(S(=O)(=O)N(C)CC(=O)Nc2ccccc2OC)cn1C. The Hall–Kier alpha value is -2.85. The molecule has 2 aromatic rings. The van der Waals surface area contributed by atoms with Gasteiger partial charge in [-0.1, -0.05) is 12.1 Å². The van der Waals surface area contributed by atoms with E-state index in [-0.39, 0.29) is 10.6 Å². The Kier molecular flexibility index (Phi) is 6.24. The van der Waals surface area contributed by atoms with Crippen molar-refractivity contribution in [3.63, 3.8) is 0 Å². The summed E-state index contributed by atoms with van der Waals surface area (Å²) < 4.78 is 37.4. The van der Waals surface area contributed by atoms with E-state index in [4.69, 9.17) is 4.74 Å². The Bertz CT molecular complexity index is 951. The monoisotopic (exact) mass is 395 g/mol. The fourth-order valence-electron chi connectivity index (χ4n) is 2.39. The molecule has 0 bridgehead atoms. The highest BCUT2D eigenvalue weighted by molar-refractivity contribution is 7.89. The van der Waals surface area contributed by atoms with Crippen LogP contribution >= 0.6 is 0 Å². The lowest BCUT2D eigenvalue weighted by Crippen LogP contribution is -2.34. The zero-order valence-electron chi connectivity index (χ0n) is 15.4. The minimum atomic E-state index is -3.97. The number of likely N-dealkylation sites (N-methyl/N-ethyl adjacent to an activating group) is 1. The molecule has 0 aliphatic carbocycles. The van der Waals surface area contributed by atoms with Crippen molar-refractivity contribution in [3.8, 4) is 5.75 Å². The lowest BCUT2D eigenvalue weighted by Gasteiger charge is -2.16. The lowest BCUT2D eigenvalue weighted by atomic mass is 10.3. The number of sulfonamides is 1. The van der Waals surface area contributed by atoms with Gasteiger partial charge in [0, 0.05) is 20.3 Å². The van der Waals surface area contributed by atoms with E-state index in [1.54, 1.807) is 24.3 Å². The summed E-state index contributed by atoms with van der Waals surface area (Å²) in [5.41, 5.74) is 0.520. The number of benzene rings is 1. The van der Waals surface area contributed by atoms with Crippen LogP contribution in [0.1, 0.15) is 10.5 Å². The molecule has 10 heteroatoms. The predicted molar refractivity (Wildman–Crippen MR) is 98.2 cm³/mol. The van der Waals surface area contributed by atoms with Crippen LogP contribution in [0.2, 0.25) is 0 Å². The normalized spacial score (nSPS) is 11.3. The zero-order chi connectivity index (χ0) is 20.2. The van der Waals surface area contributed by atoms with Crippen LogP contribution in [-0.2, 0) is 26.6 Å². The van der Waals surface area contributed by atoms with Crippen LogP contribution in [0.5, 0.6) is 5.75 Å². The first-order chi connectivity index (χ1) is 12.7. The fourth-order valence-corrected chi connectivity index (χ4v) is 3.59. The summed E-state index contributed by atoms with van der Waals surface area (Å²) in [5, 5.41) is 2.61. The van der Waals surface area contributed by atoms with Gasteiger partial charge in [-0.3, -0.25) is 4.79 Å². The van der Waals surface area contributed by atoms with Gasteiger partial charge in [0.1, 0.15) is 16.3 Å². The number of carbonyl (C=O) groups excluding carboxylic acids is 2. The molecule has 0 aliphatic rings. The van der Waals surface area contributed by atoms with Crippen molar-refractivity contribution in [2.24, 2.45) is 7.05 Å². The van der Waals surface area contributed by atoms with Crippen LogP contribution in [0.25, 0.3) is 0 Å². The number of carbonyl (C=O) groups is 2. The fraction of sp³-hybridized carbons (Fsp3) is 0.294. The number of para-hydroxylation sites is 2. The standard InChI is InChI=1S/C17H21N3O6S/c1-19-10-12(9-14(19)17(22)26-4)27(23,24)20(2)11-16(21)18-13-7-5-6-8-15(13)25-3/h5-10H,11H2,1-4H3,(H,18,21). The smallest absolute Gasteiger partial charge is 0.354 e. The Morgan fingerprint density at radius 3 is 2.52 bits per heavy atom. The van der Waals surface area contributed by atoms with Gasteiger partial charge in [0.15, 0.2) is 0 Å². The molecule has 1 amide bonds. The summed E-state index contributed by atoms with van der Waals surface area (Å²) in [4.78, 5) is 23.8. The van der Waals surface area contributed by atoms with Crippen LogP contribution in [0.15, 0.2) is 41.4 Å². The van der Waals surface area contributed by atoms with Gasteiger partial charge in [0.2, 0.25) is 15.9 Å². The van der Waals surface area contributed by atoms with Gasteiger partial charge in [-0.25, -0.2) is 13.2 Å². The quantitative estimate of drug-likeness (QED) is 0.703. The van der Waals surface area contributed by atoms with E-state index in [1.165, 1.54) is 45.1 Å².